The van der Waals surface area contributed by atoms with Gasteiger partial charge in [0.25, 0.3) is 0 Å². The van der Waals surface area contributed by atoms with Crippen LogP contribution < -0.4 is 0 Å². The van der Waals surface area contributed by atoms with E-state index in [-0.39, 0.29) is 0 Å². The summed E-state index contributed by atoms with van der Waals surface area (Å²) in [6.07, 6.45) is 0. The Morgan fingerprint density at radius 1 is 0.281 bits per heavy atom. The van der Waals surface area contributed by atoms with Gasteiger partial charge in [0.2, 0.25) is 0 Å². The van der Waals surface area contributed by atoms with Crippen molar-refractivity contribution >= 4 is 53.9 Å². The summed E-state index contributed by atoms with van der Waals surface area (Å²) in [6, 6.07) is 68.2. The van der Waals surface area contributed by atoms with Gasteiger partial charge in [-0.3, -0.25) is 0 Å². The number of aromatic nitrogens is 4. The highest BCUT2D eigenvalue weighted by Crippen LogP contribution is 2.40. The quantitative estimate of drug-likeness (QED) is 0.159. The van der Waals surface area contributed by atoms with Crippen LogP contribution in [0.4, 0.5) is 0 Å². The van der Waals surface area contributed by atoms with Crippen molar-refractivity contribution in [2.75, 3.05) is 0 Å². The number of fused-ring (bicyclic) bond motifs is 7. The third-order valence-electron chi connectivity index (χ3n) is 10.8. The van der Waals surface area contributed by atoms with Crippen LogP contribution in [-0.2, 0) is 0 Å². The highest BCUT2D eigenvalue weighted by molar-refractivity contribution is 7.21. The Kier molecular flexibility index (Phi) is 7.97. The second-order valence-electron chi connectivity index (χ2n) is 14.2. The molecule has 2 heterocycles. The topological polar surface area (TPSA) is 51.6 Å². The first-order chi connectivity index (χ1) is 28.2. The van der Waals surface area contributed by atoms with E-state index in [2.05, 4.69) is 158 Å². The Morgan fingerprint density at radius 3 is 1.42 bits per heavy atom. The van der Waals surface area contributed by atoms with E-state index in [1.807, 2.05) is 36.4 Å². The van der Waals surface area contributed by atoms with Gasteiger partial charge < -0.3 is 0 Å². The smallest absolute Gasteiger partial charge is 0.166 e. The molecule has 0 bridgehead atoms. The van der Waals surface area contributed by atoms with Gasteiger partial charge in [0.05, 0.1) is 10.2 Å². The summed E-state index contributed by atoms with van der Waals surface area (Å²) < 4.78 is 1.08. The molecule has 0 atom stereocenters. The van der Waals surface area contributed by atoms with Crippen molar-refractivity contribution in [3.8, 4) is 67.0 Å². The molecule has 0 aliphatic heterocycles. The molecular formula is C52H32N4S. The van der Waals surface area contributed by atoms with Crippen LogP contribution in [0.25, 0.3) is 110 Å². The molecule has 0 saturated carbocycles. The second kappa shape index (κ2) is 13.7. The summed E-state index contributed by atoms with van der Waals surface area (Å²) in [5, 5.41) is 8.58. The Morgan fingerprint density at radius 2 is 0.737 bits per heavy atom. The highest BCUT2D eigenvalue weighted by atomic mass is 32.1. The molecule has 5 heteroatoms. The maximum atomic E-state index is 5.29. The minimum Gasteiger partial charge on any atom is -0.235 e. The van der Waals surface area contributed by atoms with Crippen LogP contribution in [0.1, 0.15) is 0 Å². The lowest BCUT2D eigenvalue weighted by Crippen LogP contribution is -2.00. The molecule has 0 amide bonds. The van der Waals surface area contributed by atoms with E-state index in [1.54, 1.807) is 11.3 Å². The highest BCUT2D eigenvalue weighted by Gasteiger charge is 2.18. The van der Waals surface area contributed by atoms with E-state index in [0.29, 0.717) is 17.5 Å². The average Bonchev–Trinajstić information content (AvgIpc) is 3.75. The molecule has 2 aromatic heterocycles. The Bertz CT molecular complexity index is 3250. The molecule has 11 aromatic rings. The fraction of sp³-hybridized carbons (Fsp3) is 0. The first-order valence-electron chi connectivity index (χ1n) is 19.0. The number of benzene rings is 9. The molecule has 0 fully saturated rings. The second-order valence-corrected chi connectivity index (χ2v) is 15.2. The molecule has 0 spiro atoms. The zero-order valence-electron chi connectivity index (χ0n) is 30.7. The minimum atomic E-state index is 0.595. The van der Waals surface area contributed by atoms with Crippen molar-refractivity contribution in [3.63, 3.8) is 0 Å². The number of hydrogen-bond acceptors (Lipinski definition) is 5. The van der Waals surface area contributed by atoms with Crippen molar-refractivity contribution in [1.29, 1.82) is 0 Å². The van der Waals surface area contributed by atoms with Gasteiger partial charge in [-0.15, -0.1) is 11.3 Å². The largest absolute Gasteiger partial charge is 0.235 e. The van der Waals surface area contributed by atoms with Crippen LogP contribution >= 0.6 is 11.3 Å². The molecule has 4 nitrogen and oxygen atoms in total. The number of hydrogen-bond donors (Lipinski definition) is 0. The van der Waals surface area contributed by atoms with Gasteiger partial charge in [0, 0.05) is 22.3 Å². The van der Waals surface area contributed by atoms with Gasteiger partial charge in [0.15, 0.2) is 17.5 Å². The van der Waals surface area contributed by atoms with Gasteiger partial charge in [-0.05, 0) is 78.8 Å². The van der Waals surface area contributed by atoms with Crippen molar-refractivity contribution in [2.24, 2.45) is 0 Å². The van der Waals surface area contributed by atoms with Crippen LogP contribution in [0.5, 0.6) is 0 Å². The van der Waals surface area contributed by atoms with Crippen LogP contribution in [0, 0.1) is 0 Å². The number of thiazole rings is 1. The molecule has 11 rings (SSSR count). The van der Waals surface area contributed by atoms with E-state index >= 15 is 0 Å². The van der Waals surface area contributed by atoms with Crippen LogP contribution in [0.3, 0.4) is 0 Å². The van der Waals surface area contributed by atoms with E-state index in [0.717, 1.165) is 48.6 Å². The zero-order chi connectivity index (χ0) is 37.7. The molecule has 0 saturated heterocycles. The average molecular weight is 745 g/mol. The predicted octanol–water partition coefficient (Wildman–Crippen LogP) is 13.9. The van der Waals surface area contributed by atoms with Crippen molar-refractivity contribution in [1.82, 2.24) is 19.9 Å². The standard InChI is InChI=1S/C52H32N4S/c1-3-13-33(14-4-1)34-25-27-36(28-26-34)50-54-49(35-15-5-2-6-16-35)55-51(56-50)45-23-12-24-47-48(45)53-52(57-47)39-18-11-17-37(31-39)38-29-30-44-42-21-8-7-19-40(42)41-20-9-10-22-43(41)46(44)32-38/h1-32H. The van der Waals surface area contributed by atoms with Crippen molar-refractivity contribution < 1.29 is 0 Å². The Balaban J connectivity index is 1.00. The lowest BCUT2D eigenvalue weighted by atomic mass is 9.92. The third-order valence-corrected chi connectivity index (χ3v) is 11.8. The summed E-state index contributed by atoms with van der Waals surface area (Å²) in [7, 11) is 0. The summed E-state index contributed by atoms with van der Waals surface area (Å²) >= 11 is 1.69. The lowest BCUT2D eigenvalue weighted by Gasteiger charge is -2.12. The zero-order valence-corrected chi connectivity index (χ0v) is 31.5. The normalized spacial score (nSPS) is 11.5. The van der Waals surface area contributed by atoms with Gasteiger partial charge in [-0.1, -0.05) is 170 Å². The van der Waals surface area contributed by atoms with Gasteiger partial charge >= 0.3 is 0 Å². The van der Waals surface area contributed by atoms with Gasteiger partial charge in [0.1, 0.15) is 5.01 Å². The molecule has 0 unspecified atom stereocenters. The minimum absolute atomic E-state index is 0.595. The summed E-state index contributed by atoms with van der Waals surface area (Å²) in [5.41, 5.74) is 9.32. The molecule has 0 N–H and O–H groups in total. The van der Waals surface area contributed by atoms with E-state index in [9.17, 15) is 0 Å². The monoisotopic (exact) mass is 744 g/mol. The first kappa shape index (κ1) is 33.0. The lowest BCUT2D eigenvalue weighted by molar-refractivity contribution is 1.08. The van der Waals surface area contributed by atoms with E-state index in [4.69, 9.17) is 19.9 Å². The van der Waals surface area contributed by atoms with Crippen LogP contribution in [-0.4, -0.2) is 19.9 Å². The van der Waals surface area contributed by atoms with Crippen LogP contribution in [0.15, 0.2) is 194 Å². The van der Waals surface area contributed by atoms with E-state index in [1.165, 1.54) is 43.4 Å². The summed E-state index contributed by atoms with van der Waals surface area (Å²) in [5.74, 6) is 1.84. The molecular weight excluding hydrogens is 713 g/mol. The fourth-order valence-corrected chi connectivity index (χ4v) is 8.94. The first-order valence-corrected chi connectivity index (χ1v) is 19.9. The Labute approximate surface area is 333 Å². The number of rotatable bonds is 6. The molecule has 0 radical (unpaired) electrons. The molecule has 57 heavy (non-hydrogen) atoms. The molecule has 0 aliphatic carbocycles. The Hall–Kier alpha value is -7.34. The number of nitrogens with zero attached hydrogens (tertiary/aromatic N) is 4. The third kappa shape index (κ3) is 5.93. The SMILES string of the molecule is c1ccc(-c2ccc(-c3nc(-c4ccccc4)nc(-c4cccc5sc(-c6cccc(-c7ccc8c9ccccc9c9ccccc9c8c7)c6)nc45)n3)cc2)cc1. The van der Waals surface area contributed by atoms with Crippen molar-refractivity contribution in [2.45, 2.75) is 0 Å². The maximum Gasteiger partial charge on any atom is 0.166 e. The van der Waals surface area contributed by atoms with Gasteiger partial charge in [-0.25, -0.2) is 19.9 Å². The molecule has 9 aromatic carbocycles. The number of para-hydroxylation sites is 1. The molecule has 266 valence electrons. The van der Waals surface area contributed by atoms with E-state index < -0.39 is 0 Å². The fourth-order valence-electron chi connectivity index (χ4n) is 7.96. The van der Waals surface area contributed by atoms with Gasteiger partial charge in [-0.2, -0.15) is 0 Å². The predicted molar refractivity (Wildman–Crippen MR) is 238 cm³/mol. The summed E-state index contributed by atoms with van der Waals surface area (Å²) in [4.78, 5) is 20.4. The van der Waals surface area contributed by atoms with Crippen LogP contribution in [0.2, 0.25) is 0 Å². The molecule has 0 aliphatic rings. The maximum absolute atomic E-state index is 5.29. The van der Waals surface area contributed by atoms with Crippen molar-refractivity contribution in [3.05, 3.63) is 194 Å². The summed E-state index contributed by atoms with van der Waals surface area (Å²) in [6.45, 7) is 0.